The molecule has 1 unspecified atom stereocenters. The Hall–Kier alpha value is -1.10. The van der Waals surface area contributed by atoms with E-state index in [1.165, 1.54) is 25.7 Å². The second kappa shape index (κ2) is 5.12. The molecule has 2 heterocycles. The van der Waals surface area contributed by atoms with E-state index in [1.54, 1.807) is 11.3 Å². The van der Waals surface area contributed by atoms with Gasteiger partial charge >= 0.3 is 5.97 Å². The summed E-state index contributed by atoms with van der Waals surface area (Å²) < 4.78 is 0. The lowest BCUT2D eigenvalue weighted by Gasteiger charge is -2.30. The largest absolute Gasteiger partial charge is 0.481 e. The third-order valence-corrected chi connectivity index (χ3v) is 5.05. The third-order valence-electron chi connectivity index (χ3n) is 3.92. The molecule has 2 fully saturated rings. The molecule has 0 amide bonds. The third kappa shape index (κ3) is 2.91. The van der Waals surface area contributed by atoms with Gasteiger partial charge in [0.05, 0.1) is 12.1 Å². The fourth-order valence-electron chi connectivity index (χ4n) is 2.79. The molecule has 3 rings (SSSR count). The standard InChI is InChI=1S/C14H20N2O2S/c1-9-3-2-6-16(8-9)14-15-13(10-4-5-10)11(19-14)7-12(17)18/h9-10H,2-8H2,1H3,(H,17,18). The summed E-state index contributed by atoms with van der Waals surface area (Å²) in [6.07, 6.45) is 4.98. The molecule has 0 radical (unpaired) electrons. The molecule has 5 heteroatoms. The first-order valence-electron chi connectivity index (χ1n) is 7.10. The fourth-order valence-corrected chi connectivity index (χ4v) is 3.96. The highest BCUT2D eigenvalue weighted by molar-refractivity contribution is 7.15. The zero-order valence-electron chi connectivity index (χ0n) is 11.3. The number of carboxylic acid groups (broad SMARTS) is 1. The molecule has 19 heavy (non-hydrogen) atoms. The molecule has 1 aromatic rings. The normalized spacial score (nSPS) is 23.6. The molecule has 2 aliphatic rings. The predicted octanol–water partition coefficient (Wildman–Crippen LogP) is 2.88. The minimum atomic E-state index is -0.746. The number of carbonyl (C=O) groups is 1. The van der Waals surface area contributed by atoms with Crippen LogP contribution in [0.2, 0.25) is 0 Å². The Morgan fingerprint density at radius 2 is 2.26 bits per heavy atom. The first-order chi connectivity index (χ1) is 9.13. The van der Waals surface area contributed by atoms with E-state index >= 15 is 0 Å². The summed E-state index contributed by atoms with van der Waals surface area (Å²) in [4.78, 5) is 19.0. The number of anilines is 1. The van der Waals surface area contributed by atoms with Gasteiger partial charge in [-0.1, -0.05) is 6.92 Å². The first kappa shape index (κ1) is 12.9. The lowest BCUT2D eigenvalue weighted by molar-refractivity contribution is -0.136. The molecule has 1 saturated heterocycles. The van der Waals surface area contributed by atoms with Gasteiger partial charge in [0.2, 0.25) is 0 Å². The molecule has 1 aliphatic heterocycles. The molecule has 1 aromatic heterocycles. The molecule has 104 valence electrons. The van der Waals surface area contributed by atoms with Crippen molar-refractivity contribution in [3.8, 4) is 0 Å². The minimum absolute atomic E-state index is 0.132. The van der Waals surface area contributed by atoms with Crippen LogP contribution in [0.3, 0.4) is 0 Å². The highest BCUT2D eigenvalue weighted by Crippen LogP contribution is 2.44. The fraction of sp³-hybridized carbons (Fsp3) is 0.714. The van der Waals surface area contributed by atoms with Gasteiger partial charge < -0.3 is 10.0 Å². The van der Waals surface area contributed by atoms with Crippen LogP contribution in [0.15, 0.2) is 0 Å². The van der Waals surface area contributed by atoms with E-state index in [-0.39, 0.29) is 6.42 Å². The Morgan fingerprint density at radius 1 is 1.47 bits per heavy atom. The molecule has 0 spiro atoms. The number of hydrogen-bond donors (Lipinski definition) is 1. The monoisotopic (exact) mass is 280 g/mol. The van der Waals surface area contributed by atoms with Gasteiger partial charge in [-0.3, -0.25) is 4.79 Å². The number of aromatic nitrogens is 1. The van der Waals surface area contributed by atoms with E-state index < -0.39 is 5.97 Å². The maximum atomic E-state index is 11.0. The number of thiazole rings is 1. The van der Waals surface area contributed by atoms with Crippen molar-refractivity contribution in [3.63, 3.8) is 0 Å². The van der Waals surface area contributed by atoms with Crippen LogP contribution in [-0.4, -0.2) is 29.1 Å². The van der Waals surface area contributed by atoms with Gasteiger partial charge in [0.25, 0.3) is 0 Å². The Kier molecular flexibility index (Phi) is 3.48. The molecule has 0 aromatic carbocycles. The zero-order chi connectivity index (χ0) is 13.4. The number of nitrogens with zero attached hydrogens (tertiary/aromatic N) is 2. The number of carboxylic acids is 1. The van der Waals surface area contributed by atoms with E-state index in [2.05, 4.69) is 11.8 Å². The van der Waals surface area contributed by atoms with Crippen LogP contribution < -0.4 is 4.90 Å². The smallest absolute Gasteiger partial charge is 0.308 e. The summed E-state index contributed by atoms with van der Waals surface area (Å²) in [5.74, 6) is 0.496. The van der Waals surface area contributed by atoms with Crippen molar-refractivity contribution in [2.75, 3.05) is 18.0 Å². The summed E-state index contributed by atoms with van der Waals surface area (Å²) in [7, 11) is 0. The van der Waals surface area contributed by atoms with Gasteiger partial charge in [-0.15, -0.1) is 11.3 Å². The highest BCUT2D eigenvalue weighted by Gasteiger charge is 2.31. The maximum absolute atomic E-state index is 11.0. The average Bonchev–Trinajstić information content (AvgIpc) is 3.11. The second-order valence-electron chi connectivity index (χ2n) is 5.84. The van der Waals surface area contributed by atoms with E-state index in [0.717, 1.165) is 28.8 Å². The van der Waals surface area contributed by atoms with Crippen LogP contribution in [0.4, 0.5) is 5.13 Å². The van der Waals surface area contributed by atoms with Crippen molar-refractivity contribution in [1.82, 2.24) is 4.98 Å². The van der Waals surface area contributed by atoms with Crippen molar-refractivity contribution in [1.29, 1.82) is 0 Å². The number of hydrogen-bond acceptors (Lipinski definition) is 4. The van der Waals surface area contributed by atoms with E-state index in [4.69, 9.17) is 10.1 Å². The lowest BCUT2D eigenvalue weighted by atomic mass is 10.0. The summed E-state index contributed by atoms with van der Waals surface area (Å²) >= 11 is 1.60. The number of aliphatic carboxylic acids is 1. The topological polar surface area (TPSA) is 53.4 Å². The Balaban J connectivity index is 1.83. The summed E-state index contributed by atoms with van der Waals surface area (Å²) in [5, 5.41) is 10.1. The van der Waals surface area contributed by atoms with Crippen molar-refractivity contribution in [2.45, 2.75) is 44.9 Å². The van der Waals surface area contributed by atoms with Gasteiger partial charge in [0.1, 0.15) is 0 Å². The van der Waals surface area contributed by atoms with Crippen molar-refractivity contribution >= 4 is 22.4 Å². The highest BCUT2D eigenvalue weighted by atomic mass is 32.1. The van der Waals surface area contributed by atoms with Crippen LogP contribution in [0, 0.1) is 5.92 Å². The van der Waals surface area contributed by atoms with Crippen LogP contribution >= 0.6 is 11.3 Å². The summed E-state index contributed by atoms with van der Waals surface area (Å²) in [5.41, 5.74) is 1.07. The number of rotatable bonds is 4. The maximum Gasteiger partial charge on any atom is 0.308 e. The molecule has 0 bridgehead atoms. The van der Waals surface area contributed by atoms with Crippen molar-refractivity contribution in [3.05, 3.63) is 10.6 Å². The van der Waals surface area contributed by atoms with Gasteiger partial charge in [-0.05, 0) is 31.6 Å². The average molecular weight is 280 g/mol. The quantitative estimate of drug-likeness (QED) is 0.921. The Labute approximate surface area is 117 Å². The first-order valence-corrected chi connectivity index (χ1v) is 7.91. The molecule has 1 N–H and O–H groups in total. The summed E-state index contributed by atoms with van der Waals surface area (Å²) in [6.45, 7) is 4.40. The Morgan fingerprint density at radius 3 is 2.89 bits per heavy atom. The lowest BCUT2D eigenvalue weighted by Crippen LogP contribution is -2.34. The van der Waals surface area contributed by atoms with Gasteiger partial charge in [-0.2, -0.15) is 0 Å². The van der Waals surface area contributed by atoms with Crippen LogP contribution in [0.5, 0.6) is 0 Å². The van der Waals surface area contributed by atoms with Crippen molar-refractivity contribution in [2.24, 2.45) is 5.92 Å². The molecule has 1 atom stereocenters. The van der Waals surface area contributed by atoms with Crippen LogP contribution in [-0.2, 0) is 11.2 Å². The van der Waals surface area contributed by atoms with Crippen molar-refractivity contribution < 1.29 is 9.90 Å². The SMILES string of the molecule is CC1CCCN(c2nc(C3CC3)c(CC(=O)O)s2)C1. The minimum Gasteiger partial charge on any atom is -0.481 e. The molecule has 4 nitrogen and oxygen atoms in total. The zero-order valence-corrected chi connectivity index (χ0v) is 12.1. The predicted molar refractivity (Wildman–Crippen MR) is 76.0 cm³/mol. The van der Waals surface area contributed by atoms with Gasteiger partial charge in [-0.25, -0.2) is 4.98 Å². The summed E-state index contributed by atoms with van der Waals surface area (Å²) in [6, 6.07) is 0. The van der Waals surface area contributed by atoms with Gasteiger partial charge in [0.15, 0.2) is 5.13 Å². The van der Waals surface area contributed by atoms with E-state index in [1.807, 2.05) is 0 Å². The van der Waals surface area contributed by atoms with Crippen LogP contribution in [0.1, 0.15) is 49.1 Å². The molecular formula is C14H20N2O2S. The van der Waals surface area contributed by atoms with E-state index in [0.29, 0.717) is 11.8 Å². The molecule has 1 aliphatic carbocycles. The number of piperidine rings is 1. The van der Waals surface area contributed by atoms with Gasteiger partial charge in [0, 0.05) is 23.9 Å². The van der Waals surface area contributed by atoms with Crippen LogP contribution in [0.25, 0.3) is 0 Å². The second-order valence-corrected chi connectivity index (χ2v) is 6.91. The van der Waals surface area contributed by atoms with E-state index in [9.17, 15) is 4.79 Å². The molecule has 1 saturated carbocycles. The molecular weight excluding hydrogens is 260 g/mol. The Bertz CT molecular complexity index is 482.